The number of benzene rings is 4. The summed E-state index contributed by atoms with van der Waals surface area (Å²) >= 11 is 20.8. The largest absolute Gasteiger partial charge is 1.00 e. The van der Waals surface area contributed by atoms with Crippen LogP contribution in [-0.4, -0.2) is 36.7 Å². The van der Waals surface area contributed by atoms with Gasteiger partial charge in [-0.25, -0.2) is 44.7 Å². The van der Waals surface area contributed by atoms with Crippen molar-refractivity contribution in [1.82, 2.24) is 0 Å². The van der Waals surface area contributed by atoms with Crippen molar-refractivity contribution < 1.29 is 113 Å². The van der Waals surface area contributed by atoms with Crippen molar-refractivity contribution in [2.75, 3.05) is 24.7 Å². The maximum absolute atomic E-state index is 14.2. The first-order valence-corrected chi connectivity index (χ1v) is 19.9. The Kier molecular flexibility index (Phi) is 22.2. The third kappa shape index (κ3) is 13.2. The van der Waals surface area contributed by atoms with Gasteiger partial charge in [-0.05, 0) is 61.1 Å². The van der Waals surface area contributed by atoms with Crippen LogP contribution in [0.15, 0.2) is 58.3 Å². The van der Waals surface area contributed by atoms with Crippen molar-refractivity contribution in [3.05, 3.63) is 128 Å². The molecule has 4 aromatic rings. The summed E-state index contributed by atoms with van der Waals surface area (Å²) in [6, 6.07) is 12.3. The molecule has 0 fully saturated rings. The summed E-state index contributed by atoms with van der Waals surface area (Å²) in [5.74, 6) is -13.5. The number of carbonyl (C=O) groups excluding carboxylic acids is 2. The molecule has 0 bridgehead atoms. The summed E-state index contributed by atoms with van der Waals surface area (Å²) in [6.45, 7) is 0.184. The van der Waals surface area contributed by atoms with E-state index in [1.165, 1.54) is 45.9 Å². The quantitative estimate of drug-likeness (QED) is 0.0219. The molecule has 0 aliphatic heterocycles. The van der Waals surface area contributed by atoms with E-state index < -0.39 is 90.1 Å². The van der Waals surface area contributed by atoms with Crippen LogP contribution in [0.4, 0.5) is 35.1 Å². The second kappa shape index (κ2) is 24.3. The zero-order chi connectivity index (χ0) is 39.7. The van der Waals surface area contributed by atoms with E-state index in [4.69, 9.17) is 32.7 Å². The molecule has 0 aromatic heterocycles. The Labute approximate surface area is 390 Å². The van der Waals surface area contributed by atoms with Gasteiger partial charge in [-0.3, -0.25) is 0 Å². The smallest absolute Gasteiger partial charge is 0.774 e. The van der Waals surface area contributed by atoms with Gasteiger partial charge in [0, 0.05) is 22.6 Å². The van der Waals surface area contributed by atoms with Crippen LogP contribution in [0.5, 0.6) is 0 Å². The van der Waals surface area contributed by atoms with Gasteiger partial charge in [0.25, 0.3) is 0 Å². The fraction of sp³-hybridized carbons (Fsp3) is 0.278. The van der Waals surface area contributed by atoms with E-state index in [1.807, 2.05) is 0 Å². The van der Waals surface area contributed by atoms with Crippen LogP contribution in [0.2, 0.25) is 0 Å². The molecule has 0 saturated heterocycles. The van der Waals surface area contributed by atoms with Crippen LogP contribution in [0, 0.1) is 46.5 Å². The maximum atomic E-state index is 14.2. The first kappa shape index (κ1) is 51.1. The molecule has 290 valence electrons. The molecule has 4 nitrogen and oxygen atoms in total. The molecule has 0 amide bonds. The molecule has 2 atom stereocenters. The van der Waals surface area contributed by atoms with Crippen LogP contribution < -0.4 is 59.1 Å². The molecule has 0 aliphatic carbocycles. The zero-order valence-electron chi connectivity index (χ0n) is 29.5. The van der Waals surface area contributed by atoms with Gasteiger partial charge in [-0.1, -0.05) is 55.6 Å². The first-order valence-electron chi connectivity index (χ1n) is 15.7. The van der Waals surface area contributed by atoms with Crippen molar-refractivity contribution in [2.24, 2.45) is 0 Å². The van der Waals surface area contributed by atoms with Crippen LogP contribution in [0.3, 0.4) is 0 Å². The molecule has 0 radical (unpaired) electrons. The van der Waals surface area contributed by atoms with Crippen molar-refractivity contribution in [3.63, 3.8) is 0 Å². The van der Waals surface area contributed by atoms with Crippen LogP contribution in [0.25, 0.3) is 0 Å². The number of alkyl halides is 2. The summed E-state index contributed by atoms with van der Waals surface area (Å²) in [5.41, 5.74) is -0.0717. The molecule has 0 spiro atoms. The van der Waals surface area contributed by atoms with Gasteiger partial charge in [0.05, 0.1) is 21.9 Å². The average molecular weight is 920 g/mol. The van der Waals surface area contributed by atoms with Crippen LogP contribution in [0.1, 0.15) is 66.6 Å². The van der Waals surface area contributed by atoms with Crippen molar-refractivity contribution in [1.29, 1.82) is 0 Å². The van der Waals surface area contributed by atoms with E-state index in [0.717, 1.165) is 0 Å². The van der Waals surface area contributed by atoms with Gasteiger partial charge in [-0.15, -0.1) is 23.2 Å². The second-order valence-electron chi connectivity index (χ2n) is 11.3. The standard InChI is InChI=1S/C36H28Cl2F8O4S4.2Na/c37-21(23-25(39)29(43)33(51)30(44)26(23)40)11-5-17-1-7-19(8-2-17)35(47)49-13-15-53-54-16-14-50-36(48)20-9-3-18(4-10-20)6-12-22(38)24-27(41)31(45)34(52)32(46)28(24)42;;/h1-4,7-10,21-22,51-52H,5-6,11-16H2;;/q;2*+1/p-2. The van der Waals surface area contributed by atoms with E-state index in [9.17, 15) is 44.7 Å². The Bertz CT molecular complexity index is 1790. The normalized spacial score (nSPS) is 12.0. The fourth-order valence-electron chi connectivity index (χ4n) is 4.92. The number of carbonyl (C=O) groups is 2. The Balaban J connectivity index is 0.00000541. The van der Waals surface area contributed by atoms with Gasteiger partial charge in [-0.2, -0.15) is 0 Å². The number of ether oxygens (including phenoxy) is 2. The molecule has 0 aliphatic rings. The minimum absolute atomic E-state index is 0. The molecule has 0 heterocycles. The van der Waals surface area contributed by atoms with Crippen molar-refractivity contribution in [3.8, 4) is 0 Å². The van der Waals surface area contributed by atoms with E-state index >= 15 is 0 Å². The molecule has 4 aromatic carbocycles. The maximum Gasteiger partial charge on any atom is 1.00 e. The SMILES string of the molecule is O=C(OCCSSCCOC(=O)c1ccc(CCC(Cl)c2c(F)c(F)c([S-])c(F)c2F)cc1)c1ccc(CCC(Cl)c2c(F)c(F)c([S-])c(F)c2F)cc1.[Na+].[Na+]. The van der Waals surface area contributed by atoms with Crippen LogP contribution >= 0.6 is 44.8 Å². The fourth-order valence-corrected chi connectivity index (χ4v) is 7.53. The average Bonchev–Trinajstić information content (AvgIpc) is 3.17. The van der Waals surface area contributed by atoms with Gasteiger partial charge in [0.15, 0.2) is 23.3 Å². The first-order chi connectivity index (χ1) is 25.6. The summed E-state index contributed by atoms with van der Waals surface area (Å²) in [4.78, 5) is 22.4. The molecule has 20 heteroatoms. The zero-order valence-corrected chi connectivity index (χ0v) is 38.3. The Morgan fingerprint density at radius 2 is 0.821 bits per heavy atom. The van der Waals surface area contributed by atoms with Gasteiger partial charge < -0.3 is 34.7 Å². The van der Waals surface area contributed by atoms with E-state index in [2.05, 4.69) is 25.3 Å². The minimum atomic E-state index is -1.68. The molecule has 56 heavy (non-hydrogen) atoms. The monoisotopic (exact) mass is 918 g/mol. The molecule has 0 N–H and O–H groups in total. The number of aryl methyl sites for hydroxylation is 2. The van der Waals surface area contributed by atoms with Gasteiger partial charge >= 0.3 is 71.1 Å². The second-order valence-corrected chi connectivity index (χ2v) is 15.9. The molecule has 4 rings (SSSR count). The van der Waals surface area contributed by atoms with Gasteiger partial charge in [0.1, 0.15) is 36.5 Å². The van der Waals surface area contributed by atoms with E-state index in [-0.39, 0.29) is 109 Å². The Hall–Kier alpha value is -1.02. The summed E-state index contributed by atoms with van der Waals surface area (Å²) in [5, 5.41) is -2.76. The molecular formula is C36H26Cl2F8Na2O4S4. The Morgan fingerprint density at radius 3 is 1.11 bits per heavy atom. The van der Waals surface area contributed by atoms with Crippen molar-refractivity contribution >= 4 is 82.0 Å². The van der Waals surface area contributed by atoms with E-state index in [0.29, 0.717) is 22.6 Å². The number of esters is 2. The summed E-state index contributed by atoms with van der Waals surface area (Å²) in [7, 11) is 2.78. The molecule has 2 unspecified atom stereocenters. The third-order valence-electron chi connectivity index (χ3n) is 7.78. The van der Waals surface area contributed by atoms with Crippen molar-refractivity contribution in [2.45, 2.75) is 46.2 Å². The number of rotatable bonds is 17. The summed E-state index contributed by atoms with van der Waals surface area (Å²) in [6.07, 6.45) is 0.240. The van der Waals surface area contributed by atoms with Gasteiger partial charge in [0.2, 0.25) is 0 Å². The third-order valence-corrected chi connectivity index (χ3v) is 11.7. The number of hydrogen-bond acceptors (Lipinski definition) is 8. The Morgan fingerprint density at radius 1 is 0.536 bits per heavy atom. The minimum Gasteiger partial charge on any atom is -0.774 e. The van der Waals surface area contributed by atoms with E-state index in [1.54, 1.807) is 24.3 Å². The number of hydrogen-bond donors (Lipinski definition) is 0. The predicted molar refractivity (Wildman–Crippen MR) is 196 cm³/mol. The molecular weight excluding hydrogens is 894 g/mol. The van der Waals surface area contributed by atoms with Crippen LogP contribution in [-0.2, 0) is 47.6 Å². The predicted octanol–water partition coefficient (Wildman–Crippen LogP) is 4.84. The topological polar surface area (TPSA) is 52.6 Å². The summed E-state index contributed by atoms with van der Waals surface area (Å²) < 4.78 is 123. The molecule has 0 saturated carbocycles. The number of halogens is 10.